The van der Waals surface area contributed by atoms with Gasteiger partial charge < -0.3 is 19.9 Å². The molecule has 1 aromatic heterocycles. The van der Waals surface area contributed by atoms with E-state index in [1.807, 2.05) is 18.2 Å². The van der Waals surface area contributed by atoms with Crippen LogP contribution in [0.5, 0.6) is 5.75 Å². The third-order valence-electron chi connectivity index (χ3n) is 3.97. The van der Waals surface area contributed by atoms with E-state index in [9.17, 15) is 9.59 Å². The molecule has 3 aromatic rings. The molecule has 1 atom stereocenters. The van der Waals surface area contributed by atoms with Gasteiger partial charge in [0.2, 0.25) is 5.91 Å². The van der Waals surface area contributed by atoms with Gasteiger partial charge in [0.15, 0.2) is 11.7 Å². The Morgan fingerprint density at radius 2 is 2.12 bits per heavy atom. The van der Waals surface area contributed by atoms with E-state index >= 15 is 0 Å². The molecule has 0 saturated carbocycles. The van der Waals surface area contributed by atoms with Crippen LogP contribution in [0.25, 0.3) is 11.0 Å². The Morgan fingerprint density at radius 3 is 3.00 bits per heavy atom. The van der Waals surface area contributed by atoms with Crippen molar-refractivity contribution in [2.75, 3.05) is 10.6 Å². The Labute approximate surface area is 142 Å². The molecule has 1 aliphatic rings. The lowest BCUT2D eigenvalue weighted by atomic mass is 10.1. The first-order valence-electron chi connectivity index (χ1n) is 7.85. The minimum absolute atomic E-state index is 0.0913. The molecule has 2 aromatic carbocycles. The second kappa shape index (κ2) is 5.94. The van der Waals surface area contributed by atoms with Gasteiger partial charge in [-0.15, -0.1) is 0 Å². The number of amides is 2. The van der Waals surface area contributed by atoms with E-state index in [-0.39, 0.29) is 18.2 Å². The second-order valence-electron chi connectivity index (χ2n) is 5.81. The maximum absolute atomic E-state index is 12.3. The van der Waals surface area contributed by atoms with Crippen molar-refractivity contribution < 1.29 is 18.8 Å². The number of nitrogens with zero attached hydrogens (tertiary/aromatic N) is 1. The van der Waals surface area contributed by atoms with Gasteiger partial charge in [-0.2, -0.15) is 0 Å². The molecule has 0 bridgehead atoms. The van der Waals surface area contributed by atoms with Crippen LogP contribution < -0.4 is 15.4 Å². The number of anilines is 2. The Bertz CT molecular complexity index is 979. The maximum Gasteiger partial charge on any atom is 0.265 e. The number of fused-ring (bicyclic) bond motifs is 2. The van der Waals surface area contributed by atoms with Crippen molar-refractivity contribution in [1.82, 2.24) is 5.16 Å². The van der Waals surface area contributed by atoms with Crippen LogP contribution in [0.15, 0.2) is 47.0 Å². The van der Waals surface area contributed by atoms with Crippen molar-refractivity contribution in [2.45, 2.75) is 19.4 Å². The summed E-state index contributed by atoms with van der Waals surface area (Å²) in [5.74, 6) is 0.132. The van der Waals surface area contributed by atoms with Gasteiger partial charge in [-0.25, -0.2) is 0 Å². The number of aromatic nitrogens is 1. The van der Waals surface area contributed by atoms with Crippen LogP contribution in [0.1, 0.15) is 12.6 Å². The Balaban J connectivity index is 1.50. The lowest BCUT2D eigenvalue weighted by molar-refractivity contribution is -0.122. The van der Waals surface area contributed by atoms with Gasteiger partial charge in [0.25, 0.3) is 5.91 Å². The Kier molecular flexibility index (Phi) is 3.61. The van der Waals surface area contributed by atoms with E-state index in [1.165, 1.54) is 0 Å². The molecule has 0 fully saturated rings. The van der Waals surface area contributed by atoms with Gasteiger partial charge in [0.05, 0.1) is 12.1 Å². The molecule has 0 spiro atoms. The topological polar surface area (TPSA) is 93.5 Å². The van der Waals surface area contributed by atoms with E-state index in [1.54, 1.807) is 31.2 Å². The molecule has 1 aliphatic heterocycles. The fourth-order valence-corrected chi connectivity index (χ4v) is 2.71. The summed E-state index contributed by atoms with van der Waals surface area (Å²) in [5.41, 5.74) is 2.33. The molecule has 0 unspecified atom stereocenters. The third kappa shape index (κ3) is 2.91. The molecule has 4 rings (SSSR count). The highest BCUT2D eigenvalue weighted by molar-refractivity contribution is 5.99. The molecular formula is C18H15N3O4. The first-order valence-corrected chi connectivity index (χ1v) is 7.85. The van der Waals surface area contributed by atoms with Crippen molar-refractivity contribution in [3.05, 3.63) is 48.2 Å². The molecule has 0 radical (unpaired) electrons. The first kappa shape index (κ1) is 15.2. The van der Waals surface area contributed by atoms with Crippen molar-refractivity contribution in [3.8, 4) is 5.75 Å². The molecule has 2 N–H and O–H groups in total. The number of hydrogen-bond acceptors (Lipinski definition) is 5. The summed E-state index contributed by atoms with van der Waals surface area (Å²) in [7, 11) is 0. The molecule has 126 valence electrons. The van der Waals surface area contributed by atoms with E-state index in [4.69, 9.17) is 9.26 Å². The van der Waals surface area contributed by atoms with Crippen LogP contribution in [0.4, 0.5) is 11.4 Å². The van der Waals surface area contributed by atoms with Crippen molar-refractivity contribution in [2.24, 2.45) is 0 Å². The van der Waals surface area contributed by atoms with E-state index in [0.29, 0.717) is 28.4 Å². The van der Waals surface area contributed by atoms with Crippen LogP contribution in [-0.2, 0) is 16.0 Å². The fraction of sp³-hybridized carbons (Fsp3) is 0.167. The summed E-state index contributed by atoms with van der Waals surface area (Å²) in [6.45, 7) is 1.68. The van der Waals surface area contributed by atoms with Crippen LogP contribution in [0, 0.1) is 0 Å². The highest BCUT2D eigenvalue weighted by Gasteiger charge is 2.23. The summed E-state index contributed by atoms with van der Waals surface area (Å²) in [5, 5.41) is 10.3. The SMILES string of the molecule is C[C@H]1Oc2ccc(NC(=O)Cc3noc4ccccc34)cc2NC1=O. The quantitative estimate of drug-likeness (QED) is 0.766. The minimum atomic E-state index is -0.534. The average molecular weight is 337 g/mol. The lowest BCUT2D eigenvalue weighted by Crippen LogP contribution is -2.34. The zero-order valence-corrected chi connectivity index (χ0v) is 13.4. The van der Waals surface area contributed by atoms with E-state index in [0.717, 1.165) is 5.39 Å². The molecule has 2 heterocycles. The van der Waals surface area contributed by atoms with Gasteiger partial charge in [-0.05, 0) is 37.3 Å². The standard InChI is InChI=1S/C18H15N3O4/c1-10-18(23)20-14-8-11(6-7-16(14)24-10)19-17(22)9-13-12-4-2-3-5-15(12)25-21-13/h2-8,10H,9H2,1H3,(H,19,22)(H,20,23)/t10-/m1/s1. The van der Waals surface area contributed by atoms with Crippen LogP contribution in [0.2, 0.25) is 0 Å². The predicted molar refractivity (Wildman–Crippen MR) is 91.5 cm³/mol. The van der Waals surface area contributed by atoms with Gasteiger partial charge in [0.1, 0.15) is 11.4 Å². The summed E-state index contributed by atoms with van der Waals surface area (Å²) in [6, 6.07) is 12.5. The normalized spacial score (nSPS) is 16.0. The molecule has 0 aliphatic carbocycles. The van der Waals surface area contributed by atoms with Crippen LogP contribution >= 0.6 is 0 Å². The van der Waals surface area contributed by atoms with Crippen LogP contribution in [-0.4, -0.2) is 23.1 Å². The van der Waals surface area contributed by atoms with Gasteiger partial charge in [-0.3, -0.25) is 9.59 Å². The van der Waals surface area contributed by atoms with Crippen molar-refractivity contribution in [3.63, 3.8) is 0 Å². The van der Waals surface area contributed by atoms with E-state index in [2.05, 4.69) is 15.8 Å². The smallest absolute Gasteiger partial charge is 0.265 e. The highest BCUT2D eigenvalue weighted by Crippen LogP contribution is 2.32. The number of carbonyl (C=O) groups is 2. The number of benzene rings is 2. The second-order valence-corrected chi connectivity index (χ2v) is 5.81. The largest absolute Gasteiger partial charge is 0.479 e. The predicted octanol–water partition coefficient (Wildman–Crippen LogP) is 2.73. The number of para-hydroxylation sites is 1. The molecule has 25 heavy (non-hydrogen) atoms. The van der Waals surface area contributed by atoms with Gasteiger partial charge in [0, 0.05) is 11.1 Å². The third-order valence-corrected chi connectivity index (χ3v) is 3.97. The van der Waals surface area contributed by atoms with E-state index < -0.39 is 6.10 Å². The molecule has 2 amide bonds. The van der Waals surface area contributed by atoms with Crippen molar-refractivity contribution >= 4 is 34.2 Å². The van der Waals surface area contributed by atoms with Gasteiger partial charge in [-0.1, -0.05) is 17.3 Å². The number of ether oxygens (including phenoxy) is 1. The Morgan fingerprint density at radius 1 is 1.28 bits per heavy atom. The average Bonchev–Trinajstić information content (AvgIpc) is 2.99. The van der Waals surface area contributed by atoms with Crippen molar-refractivity contribution in [1.29, 1.82) is 0 Å². The number of nitrogens with one attached hydrogen (secondary N) is 2. The minimum Gasteiger partial charge on any atom is -0.479 e. The molecule has 7 heteroatoms. The number of hydrogen-bond donors (Lipinski definition) is 2. The van der Waals surface area contributed by atoms with Gasteiger partial charge >= 0.3 is 0 Å². The summed E-state index contributed by atoms with van der Waals surface area (Å²) in [4.78, 5) is 24.0. The summed E-state index contributed by atoms with van der Waals surface area (Å²) < 4.78 is 10.7. The summed E-state index contributed by atoms with van der Waals surface area (Å²) >= 11 is 0. The monoisotopic (exact) mass is 337 g/mol. The first-order chi connectivity index (χ1) is 12.1. The summed E-state index contributed by atoms with van der Waals surface area (Å²) in [6.07, 6.45) is -0.443. The number of rotatable bonds is 3. The number of carbonyl (C=O) groups excluding carboxylic acids is 2. The maximum atomic E-state index is 12.3. The highest BCUT2D eigenvalue weighted by atomic mass is 16.5. The Hall–Kier alpha value is -3.35. The molecule has 7 nitrogen and oxygen atoms in total. The fourth-order valence-electron chi connectivity index (χ4n) is 2.71. The molecular weight excluding hydrogens is 322 g/mol. The molecule has 0 saturated heterocycles. The van der Waals surface area contributed by atoms with Crippen LogP contribution in [0.3, 0.4) is 0 Å². The zero-order valence-electron chi connectivity index (χ0n) is 13.4. The lowest BCUT2D eigenvalue weighted by Gasteiger charge is -2.23. The zero-order chi connectivity index (χ0) is 17.4.